The number of aromatic amines is 1. The highest BCUT2D eigenvalue weighted by atomic mass is 35.5. The summed E-state index contributed by atoms with van der Waals surface area (Å²) < 4.78 is 0. The molecule has 2 aromatic rings. The van der Waals surface area contributed by atoms with Crippen molar-refractivity contribution >= 4 is 11.6 Å². The van der Waals surface area contributed by atoms with Crippen LogP contribution in [0.2, 0.25) is 5.02 Å². The number of nitrogens with one attached hydrogen (secondary N) is 1. The van der Waals surface area contributed by atoms with E-state index >= 15 is 0 Å². The van der Waals surface area contributed by atoms with Crippen LogP contribution in [-0.4, -0.2) is 16.5 Å². The zero-order chi connectivity index (χ0) is 12.3. The van der Waals surface area contributed by atoms with Gasteiger partial charge in [0, 0.05) is 23.7 Å². The quantitative estimate of drug-likeness (QED) is 0.868. The van der Waals surface area contributed by atoms with E-state index in [0.29, 0.717) is 35.1 Å². The van der Waals surface area contributed by atoms with Crippen LogP contribution in [0.1, 0.15) is 5.69 Å². The molecule has 0 aliphatic heterocycles. The Balaban J connectivity index is 2.52. The summed E-state index contributed by atoms with van der Waals surface area (Å²) in [5, 5.41) is 0.556. The number of H-pyrrole nitrogens is 1. The lowest BCUT2D eigenvalue weighted by atomic mass is 10.2. The number of hydrogen-bond donors (Lipinski definition) is 2. The number of halogens is 1. The van der Waals surface area contributed by atoms with Gasteiger partial charge in [0.1, 0.15) is 5.82 Å². The van der Waals surface area contributed by atoms with Gasteiger partial charge in [-0.15, -0.1) is 0 Å². The van der Waals surface area contributed by atoms with Gasteiger partial charge in [-0.25, -0.2) is 4.98 Å². The van der Waals surface area contributed by atoms with Crippen LogP contribution in [0.3, 0.4) is 0 Å². The van der Waals surface area contributed by atoms with E-state index < -0.39 is 0 Å². The highest BCUT2D eigenvalue weighted by Crippen LogP contribution is 2.23. The van der Waals surface area contributed by atoms with Crippen molar-refractivity contribution in [3.8, 4) is 11.4 Å². The number of aromatic nitrogens is 2. The van der Waals surface area contributed by atoms with Crippen molar-refractivity contribution < 1.29 is 0 Å². The van der Waals surface area contributed by atoms with Gasteiger partial charge in [0.05, 0.1) is 5.02 Å². The van der Waals surface area contributed by atoms with E-state index in [1.54, 1.807) is 6.07 Å². The molecule has 1 aromatic carbocycles. The minimum atomic E-state index is -0.196. The van der Waals surface area contributed by atoms with Gasteiger partial charge in [0.2, 0.25) is 0 Å². The van der Waals surface area contributed by atoms with E-state index in [-0.39, 0.29) is 5.56 Å². The topological polar surface area (TPSA) is 71.8 Å². The molecule has 0 spiro atoms. The van der Waals surface area contributed by atoms with Crippen molar-refractivity contribution in [2.45, 2.75) is 6.42 Å². The van der Waals surface area contributed by atoms with Gasteiger partial charge < -0.3 is 10.7 Å². The van der Waals surface area contributed by atoms with Crippen LogP contribution in [0.15, 0.2) is 35.1 Å². The summed E-state index contributed by atoms with van der Waals surface area (Å²) in [6.45, 7) is 0.457. The normalized spacial score (nSPS) is 10.5. The van der Waals surface area contributed by atoms with Crippen molar-refractivity contribution in [3.63, 3.8) is 0 Å². The molecule has 1 aromatic heterocycles. The summed E-state index contributed by atoms with van der Waals surface area (Å²) in [5.74, 6) is 0.478. The zero-order valence-electron chi connectivity index (χ0n) is 9.11. The zero-order valence-corrected chi connectivity index (χ0v) is 9.87. The third-order valence-electron chi connectivity index (χ3n) is 2.32. The Morgan fingerprint density at radius 2 is 2.12 bits per heavy atom. The van der Waals surface area contributed by atoms with Crippen molar-refractivity contribution in [2.24, 2.45) is 5.73 Å². The van der Waals surface area contributed by atoms with Gasteiger partial charge in [-0.1, -0.05) is 23.7 Å². The van der Waals surface area contributed by atoms with Gasteiger partial charge in [0.15, 0.2) is 0 Å². The number of nitrogens with zero attached hydrogens (tertiary/aromatic N) is 1. The third-order valence-corrected chi connectivity index (χ3v) is 2.65. The molecule has 0 radical (unpaired) electrons. The molecule has 3 N–H and O–H groups in total. The van der Waals surface area contributed by atoms with Crippen LogP contribution in [0.4, 0.5) is 0 Å². The molecule has 0 unspecified atom stereocenters. The average molecular weight is 250 g/mol. The number of nitrogens with two attached hydrogens (primary N) is 1. The number of rotatable bonds is 3. The number of benzene rings is 1. The average Bonchev–Trinajstić information content (AvgIpc) is 2.29. The lowest BCUT2D eigenvalue weighted by Gasteiger charge is -2.05. The van der Waals surface area contributed by atoms with E-state index in [1.807, 2.05) is 18.2 Å². The lowest BCUT2D eigenvalue weighted by molar-refractivity contribution is 0.906. The molecule has 2 rings (SSSR count). The first-order valence-electron chi connectivity index (χ1n) is 5.26. The molecular formula is C12H12ClN3O. The molecule has 5 heteroatoms. The highest BCUT2D eigenvalue weighted by molar-refractivity contribution is 6.33. The van der Waals surface area contributed by atoms with Crippen LogP contribution in [-0.2, 0) is 6.42 Å². The van der Waals surface area contributed by atoms with Crippen LogP contribution in [0.5, 0.6) is 0 Å². The number of hydrogen-bond acceptors (Lipinski definition) is 3. The first-order chi connectivity index (χ1) is 8.20. The Labute approximate surface area is 103 Å². The molecule has 4 nitrogen and oxygen atoms in total. The standard InChI is InChI=1S/C12H12ClN3O/c13-10-4-2-1-3-9(10)12-15-8(5-6-14)7-11(17)16-12/h1-4,7H,5-6,14H2,(H,15,16,17). The van der Waals surface area contributed by atoms with Crippen LogP contribution >= 0.6 is 11.6 Å². The summed E-state index contributed by atoms with van der Waals surface area (Å²) in [6.07, 6.45) is 0.571. The van der Waals surface area contributed by atoms with E-state index in [4.69, 9.17) is 17.3 Å². The van der Waals surface area contributed by atoms with Gasteiger partial charge in [0.25, 0.3) is 5.56 Å². The maximum absolute atomic E-state index is 11.5. The molecule has 0 atom stereocenters. The molecule has 1 heterocycles. The molecule has 0 saturated heterocycles. The van der Waals surface area contributed by atoms with Crippen molar-refractivity contribution in [1.29, 1.82) is 0 Å². The van der Waals surface area contributed by atoms with Crippen molar-refractivity contribution in [3.05, 3.63) is 51.4 Å². The Morgan fingerprint density at radius 3 is 2.82 bits per heavy atom. The fourth-order valence-electron chi connectivity index (χ4n) is 1.56. The van der Waals surface area contributed by atoms with Crippen LogP contribution in [0.25, 0.3) is 11.4 Å². The lowest BCUT2D eigenvalue weighted by Crippen LogP contribution is -2.13. The monoisotopic (exact) mass is 249 g/mol. The second-order valence-electron chi connectivity index (χ2n) is 3.60. The molecule has 0 aliphatic rings. The smallest absolute Gasteiger partial charge is 0.251 e. The minimum Gasteiger partial charge on any atom is -0.330 e. The maximum atomic E-state index is 11.5. The van der Waals surface area contributed by atoms with Gasteiger partial charge in [-0.05, 0) is 18.7 Å². The minimum absolute atomic E-state index is 0.196. The summed E-state index contributed by atoms with van der Waals surface area (Å²) in [7, 11) is 0. The largest absolute Gasteiger partial charge is 0.330 e. The summed E-state index contributed by atoms with van der Waals surface area (Å²) in [6, 6.07) is 8.69. The summed E-state index contributed by atoms with van der Waals surface area (Å²) >= 11 is 6.05. The van der Waals surface area contributed by atoms with Gasteiger partial charge in [-0.2, -0.15) is 0 Å². The van der Waals surface area contributed by atoms with Crippen molar-refractivity contribution in [2.75, 3.05) is 6.54 Å². The SMILES string of the molecule is NCCc1cc(=O)[nH]c(-c2ccccc2Cl)n1. The Bertz CT molecular complexity index is 580. The van der Waals surface area contributed by atoms with Crippen LogP contribution in [0, 0.1) is 0 Å². The molecule has 88 valence electrons. The first-order valence-corrected chi connectivity index (χ1v) is 5.63. The molecule has 0 amide bonds. The molecule has 0 saturated carbocycles. The van der Waals surface area contributed by atoms with E-state index in [2.05, 4.69) is 9.97 Å². The van der Waals surface area contributed by atoms with Crippen LogP contribution < -0.4 is 11.3 Å². The molecule has 0 aliphatic carbocycles. The Morgan fingerprint density at radius 1 is 1.35 bits per heavy atom. The second kappa shape index (κ2) is 5.12. The summed E-state index contributed by atoms with van der Waals surface area (Å²) in [5.41, 5.74) is 6.64. The predicted octanol–water partition coefficient (Wildman–Crippen LogP) is 1.59. The predicted molar refractivity (Wildman–Crippen MR) is 68.1 cm³/mol. The molecule has 17 heavy (non-hydrogen) atoms. The third kappa shape index (κ3) is 2.72. The van der Waals surface area contributed by atoms with E-state index in [1.165, 1.54) is 6.07 Å². The molecule has 0 fully saturated rings. The Hall–Kier alpha value is -1.65. The fourth-order valence-corrected chi connectivity index (χ4v) is 1.79. The summed E-state index contributed by atoms with van der Waals surface area (Å²) in [4.78, 5) is 18.5. The maximum Gasteiger partial charge on any atom is 0.251 e. The van der Waals surface area contributed by atoms with Crippen molar-refractivity contribution in [1.82, 2.24) is 9.97 Å². The van der Waals surface area contributed by atoms with E-state index in [9.17, 15) is 4.79 Å². The van der Waals surface area contributed by atoms with Gasteiger partial charge in [-0.3, -0.25) is 4.79 Å². The molecular weight excluding hydrogens is 238 g/mol. The van der Waals surface area contributed by atoms with Gasteiger partial charge >= 0.3 is 0 Å². The fraction of sp³-hybridized carbons (Fsp3) is 0.167. The van der Waals surface area contributed by atoms with E-state index in [0.717, 1.165) is 0 Å². The molecule has 0 bridgehead atoms. The Kier molecular flexibility index (Phi) is 3.56. The second-order valence-corrected chi connectivity index (χ2v) is 4.01. The highest BCUT2D eigenvalue weighted by Gasteiger charge is 2.06. The first kappa shape index (κ1) is 11.8.